The van der Waals surface area contributed by atoms with Gasteiger partial charge in [-0.05, 0) is 50.9 Å². The van der Waals surface area contributed by atoms with Gasteiger partial charge in [-0.3, -0.25) is 4.79 Å². The van der Waals surface area contributed by atoms with Crippen LogP contribution < -0.4 is 10.6 Å². The summed E-state index contributed by atoms with van der Waals surface area (Å²) in [6.07, 6.45) is 2.16. The van der Waals surface area contributed by atoms with Crippen molar-refractivity contribution in [3.63, 3.8) is 0 Å². The van der Waals surface area contributed by atoms with Crippen LogP contribution in [0.4, 0.5) is 0 Å². The number of hydrogen-bond donors (Lipinski definition) is 2. The van der Waals surface area contributed by atoms with Crippen LogP contribution in [-0.4, -0.2) is 25.0 Å². The Kier molecular flexibility index (Phi) is 6.31. The fourth-order valence-corrected chi connectivity index (χ4v) is 2.54. The van der Waals surface area contributed by atoms with E-state index in [1.807, 2.05) is 38.1 Å². The lowest BCUT2D eigenvalue weighted by molar-refractivity contribution is -0.126. The number of benzene rings is 1. The molecule has 1 amide bonds. The molecule has 5 heteroatoms. The van der Waals surface area contributed by atoms with Gasteiger partial charge in [0.25, 0.3) is 0 Å². The van der Waals surface area contributed by atoms with Crippen molar-refractivity contribution in [3.05, 3.63) is 34.9 Å². The molecule has 20 heavy (non-hydrogen) atoms. The second-order valence-electron chi connectivity index (χ2n) is 5.65. The largest absolute Gasteiger partial charge is 0.351 e. The number of rotatable bonds is 3. The van der Waals surface area contributed by atoms with E-state index < -0.39 is 5.41 Å². The minimum absolute atomic E-state index is 0. The Hall–Kier alpha value is -0.770. The summed E-state index contributed by atoms with van der Waals surface area (Å²) in [5.74, 6) is 0.0588. The minimum Gasteiger partial charge on any atom is -0.351 e. The molecule has 1 heterocycles. The van der Waals surface area contributed by atoms with Crippen molar-refractivity contribution in [1.29, 1.82) is 0 Å². The molecule has 0 unspecified atom stereocenters. The third-order valence-electron chi connectivity index (χ3n) is 3.75. The molecule has 1 aromatic carbocycles. The van der Waals surface area contributed by atoms with E-state index in [1.54, 1.807) is 0 Å². The molecule has 0 saturated carbocycles. The second-order valence-corrected chi connectivity index (χ2v) is 6.09. The molecule has 3 nitrogen and oxygen atoms in total. The van der Waals surface area contributed by atoms with Gasteiger partial charge in [0.15, 0.2) is 0 Å². The van der Waals surface area contributed by atoms with Gasteiger partial charge in [-0.1, -0.05) is 23.7 Å². The van der Waals surface area contributed by atoms with Gasteiger partial charge in [0, 0.05) is 17.6 Å². The van der Waals surface area contributed by atoms with E-state index in [4.69, 9.17) is 11.6 Å². The van der Waals surface area contributed by atoms with Crippen molar-refractivity contribution in [2.75, 3.05) is 13.1 Å². The highest BCUT2D eigenvalue weighted by atomic mass is 35.5. The van der Waals surface area contributed by atoms with E-state index in [1.165, 1.54) is 0 Å². The summed E-state index contributed by atoms with van der Waals surface area (Å²) in [7, 11) is 0. The van der Waals surface area contributed by atoms with Crippen LogP contribution >= 0.6 is 24.0 Å². The van der Waals surface area contributed by atoms with E-state index in [0.717, 1.165) is 31.5 Å². The molecule has 112 valence electrons. The number of nitrogens with one attached hydrogen (secondary N) is 2. The topological polar surface area (TPSA) is 41.1 Å². The van der Waals surface area contributed by atoms with E-state index in [0.29, 0.717) is 5.02 Å². The molecular weight excluding hydrogens is 295 g/mol. The van der Waals surface area contributed by atoms with Crippen LogP contribution in [0.2, 0.25) is 5.02 Å². The molecule has 0 aromatic heterocycles. The molecule has 1 aromatic rings. The molecule has 1 aliphatic heterocycles. The Bertz CT molecular complexity index is 457. The third kappa shape index (κ3) is 4.11. The fourth-order valence-electron chi connectivity index (χ4n) is 2.35. The van der Waals surface area contributed by atoms with E-state index in [2.05, 4.69) is 10.6 Å². The number of halogens is 2. The van der Waals surface area contributed by atoms with Gasteiger partial charge in [-0.25, -0.2) is 0 Å². The monoisotopic (exact) mass is 316 g/mol. The average molecular weight is 317 g/mol. The molecule has 0 radical (unpaired) electrons. The normalized spacial score (nSPS) is 19.1. The third-order valence-corrected chi connectivity index (χ3v) is 3.98. The zero-order chi connectivity index (χ0) is 13.9. The number of piperidine rings is 1. The molecular formula is C15H22Cl2N2O. The lowest BCUT2D eigenvalue weighted by Gasteiger charge is -2.30. The molecule has 1 saturated heterocycles. The van der Waals surface area contributed by atoms with Crippen LogP contribution in [0.5, 0.6) is 0 Å². The van der Waals surface area contributed by atoms with Crippen LogP contribution in [-0.2, 0) is 10.2 Å². The van der Waals surface area contributed by atoms with Crippen LogP contribution in [0.25, 0.3) is 0 Å². The lowest BCUT2D eigenvalue weighted by Crippen LogP contribution is -2.50. The maximum absolute atomic E-state index is 12.5. The van der Waals surface area contributed by atoms with Crippen LogP contribution in [0, 0.1) is 0 Å². The summed E-state index contributed by atoms with van der Waals surface area (Å²) in [5, 5.41) is 7.10. The zero-order valence-electron chi connectivity index (χ0n) is 11.9. The van der Waals surface area contributed by atoms with Crippen molar-refractivity contribution in [2.45, 2.75) is 38.1 Å². The van der Waals surface area contributed by atoms with Crippen LogP contribution in [0.1, 0.15) is 32.3 Å². The van der Waals surface area contributed by atoms with Gasteiger partial charge in [0.1, 0.15) is 0 Å². The van der Waals surface area contributed by atoms with Gasteiger partial charge in [-0.2, -0.15) is 0 Å². The first kappa shape index (κ1) is 17.3. The van der Waals surface area contributed by atoms with Crippen molar-refractivity contribution < 1.29 is 4.79 Å². The average Bonchev–Trinajstić information content (AvgIpc) is 2.40. The Morgan fingerprint density at radius 3 is 2.80 bits per heavy atom. The van der Waals surface area contributed by atoms with Crippen molar-refractivity contribution >= 4 is 29.9 Å². The highest BCUT2D eigenvalue weighted by molar-refractivity contribution is 6.30. The quantitative estimate of drug-likeness (QED) is 0.900. The van der Waals surface area contributed by atoms with Crippen LogP contribution in [0.15, 0.2) is 24.3 Å². The molecule has 1 aliphatic rings. The van der Waals surface area contributed by atoms with Crippen LogP contribution in [0.3, 0.4) is 0 Å². The van der Waals surface area contributed by atoms with Gasteiger partial charge >= 0.3 is 0 Å². The predicted octanol–water partition coefficient (Wildman–Crippen LogP) is 2.91. The van der Waals surface area contributed by atoms with Gasteiger partial charge in [-0.15, -0.1) is 12.4 Å². The highest BCUT2D eigenvalue weighted by Gasteiger charge is 2.31. The van der Waals surface area contributed by atoms with E-state index in [9.17, 15) is 4.79 Å². The van der Waals surface area contributed by atoms with Crippen molar-refractivity contribution in [1.82, 2.24) is 10.6 Å². The molecule has 0 bridgehead atoms. The first-order chi connectivity index (χ1) is 9.00. The summed E-state index contributed by atoms with van der Waals surface area (Å²) in [6, 6.07) is 7.75. The molecule has 0 spiro atoms. The Morgan fingerprint density at radius 1 is 1.45 bits per heavy atom. The molecule has 0 aliphatic carbocycles. The molecule has 2 N–H and O–H groups in total. The Labute approximate surface area is 131 Å². The highest BCUT2D eigenvalue weighted by Crippen LogP contribution is 2.26. The number of carbonyl (C=O) groups excluding carboxylic acids is 1. The minimum atomic E-state index is -0.567. The zero-order valence-corrected chi connectivity index (χ0v) is 13.5. The summed E-state index contributed by atoms with van der Waals surface area (Å²) in [6.45, 7) is 5.77. The summed E-state index contributed by atoms with van der Waals surface area (Å²) in [4.78, 5) is 12.5. The van der Waals surface area contributed by atoms with Gasteiger partial charge in [0.2, 0.25) is 5.91 Å². The van der Waals surface area contributed by atoms with E-state index in [-0.39, 0.29) is 24.4 Å². The van der Waals surface area contributed by atoms with E-state index >= 15 is 0 Å². The lowest BCUT2D eigenvalue weighted by atomic mass is 9.83. The summed E-state index contributed by atoms with van der Waals surface area (Å²) < 4.78 is 0. The molecule has 1 fully saturated rings. The summed E-state index contributed by atoms with van der Waals surface area (Å²) in [5.41, 5.74) is 0.379. The van der Waals surface area contributed by atoms with Gasteiger partial charge in [0.05, 0.1) is 5.41 Å². The SMILES string of the molecule is CC(C)(C(=O)N[C@H]1CCCNC1)c1cccc(Cl)c1.Cl. The first-order valence-electron chi connectivity index (χ1n) is 6.78. The number of carbonyl (C=O) groups is 1. The van der Waals surface area contributed by atoms with Crippen molar-refractivity contribution in [3.8, 4) is 0 Å². The smallest absolute Gasteiger partial charge is 0.230 e. The predicted molar refractivity (Wildman–Crippen MR) is 85.8 cm³/mol. The number of hydrogen-bond acceptors (Lipinski definition) is 2. The molecule has 2 rings (SSSR count). The molecule has 1 atom stereocenters. The van der Waals surface area contributed by atoms with Gasteiger partial charge < -0.3 is 10.6 Å². The maximum Gasteiger partial charge on any atom is 0.230 e. The number of amides is 1. The first-order valence-corrected chi connectivity index (χ1v) is 7.15. The fraction of sp³-hybridized carbons (Fsp3) is 0.533. The standard InChI is InChI=1S/C15H21ClN2O.ClH/c1-15(2,11-5-3-6-12(16)9-11)14(19)18-13-7-4-8-17-10-13;/h3,5-6,9,13,17H,4,7-8,10H2,1-2H3,(H,18,19);1H/t13-;/m0./s1. The maximum atomic E-state index is 12.5. The summed E-state index contributed by atoms with van der Waals surface area (Å²) >= 11 is 6.01. The Balaban J connectivity index is 0.00000200. The Morgan fingerprint density at radius 2 is 2.20 bits per heavy atom. The second kappa shape index (κ2) is 7.30. The van der Waals surface area contributed by atoms with Crippen molar-refractivity contribution in [2.24, 2.45) is 0 Å².